The molecule has 1 aromatic carbocycles. The number of hydrogen-bond donors (Lipinski definition) is 3. The number of benzene rings is 1. The van der Waals surface area contributed by atoms with Crippen molar-refractivity contribution in [2.45, 2.75) is 12.8 Å². The van der Waals surface area contributed by atoms with Crippen LogP contribution in [0, 0.1) is 0 Å². The number of phenolic OH excluding ortho intramolecular Hbond substituents is 1. The number of rotatable bonds is 5. The molecule has 0 fully saturated rings. The van der Waals surface area contributed by atoms with Crippen molar-refractivity contribution in [3.63, 3.8) is 0 Å². The Morgan fingerprint density at radius 3 is 2.80 bits per heavy atom. The van der Waals surface area contributed by atoms with Crippen molar-refractivity contribution in [3.05, 3.63) is 23.8 Å². The third-order valence-electron chi connectivity index (χ3n) is 1.90. The van der Waals surface area contributed by atoms with Crippen LogP contribution in [0.4, 0.5) is 5.69 Å². The fraction of sp³-hybridized carbons (Fsp3) is 0.200. The number of phenols is 1. The van der Waals surface area contributed by atoms with Crippen LogP contribution >= 0.6 is 0 Å². The van der Waals surface area contributed by atoms with Crippen LogP contribution in [-0.2, 0) is 16.0 Å². The highest BCUT2D eigenvalue weighted by Gasteiger charge is 2.03. The van der Waals surface area contributed by atoms with Crippen LogP contribution in [-0.4, -0.2) is 22.6 Å². The molecule has 0 aliphatic carbocycles. The monoisotopic (exact) mass is 209 g/mol. The zero-order valence-corrected chi connectivity index (χ0v) is 7.93. The van der Waals surface area contributed by atoms with Gasteiger partial charge in [-0.05, 0) is 24.1 Å². The minimum Gasteiger partial charge on any atom is -0.506 e. The van der Waals surface area contributed by atoms with E-state index in [4.69, 9.17) is 5.11 Å². The lowest BCUT2D eigenvalue weighted by atomic mass is 10.1. The van der Waals surface area contributed by atoms with Gasteiger partial charge < -0.3 is 15.5 Å². The number of aryl methyl sites for hydroxylation is 1. The fourth-order valence-electron chi connectivity index (χ4n) is 1.17. The van der Waals surface area contributed by atoms with Crippen LogP contribution in [0.3, 0.4) is 0 Å². The maximum atomic E-state index is 10.3. The van der Waals surface area contributed by atoms with Crippen molar-refractivity contribution < 1.29 is 19.8 Å². The molecule has 0 aromatic heterocycles. The second kappa shape index (κ2) is 4.99. The number of nitrogens with one attached hydrogen (secondary N) is 1. The summed E-state index contributed by atoms with van der Waals surface area (Å²) in [6, 6.07) is 4.59. The van der Waals surface area contributed by atoms with Gasteiger partial charge in [0.15, 0.2) is 0 Å². The average Bonchev–Trinajstić information content (AvgIpc) is 2.19. The number of hydrogen-bond acceptors (Lipinski definition) is 3. The molecule has 3 N–H and O–H groups in total. The lowest BCUT2D eigenvalue weighted by Crippen LogP contribution is -1.99. The molecule has 0 aliphatic heterocycles. The van der Waals surface area contributed by atoms with Crippen molar-refractivity contribution >= 4 is 18.1 Å². The standard InChI is InChI=1S/C10H11NO4/c12-6-11-8-5-7(1-3-9(8)13)2-4-10(14)15/h1,3,5-6,13H,2,4H2,(H,11,12)(H,14,15). The summed E-state index contributed by atoms with van der Waals surface area (Å²) in [5, 5.41) is 20.1. The Labute approximate surface area is 86.4 Å². The number of carbonyl (C=O) groups excluding carboxylic acids is 1. The summed E-state index contributed by atoms with van der Waals surface area (Å²) in [6.07, 6.45) is 0.838. The van der Waals surface area contributed by atoms with Crippen molar-refractivity contribution in [2.75, 3.05) is 5.32 Å². The van der Waals surface area contributed by atoms with Gasteiger partial charge in [-0.25, -0.2) is 0 Å². The SMILES string of the molecule is O=CNc1cc(CCC(=O)O)ccc1O. The number of amides is 1. The molecule has 0 bridgehead atoms. The van der Waals surface area contributed by atoms with Gasteiger partial charge in [0.2, 0.25) is 6.41 Å². The molecule has 0 aliphatic rings. The Morgan fingerprint density at radius 1 is 1.47 bits per heavy atom. The Hall–Kier alpha value is -2.04. The number of anilines is 1. The van der Waals surface area contributed by atoms with Crippen molar-refractivity contribution in [2.24, 2.45) is 0 Å². The Bertz CT molecular complexity index is 376. The van der Waals surface area contributed by atoms with Gasteiger partial charge in [-0.1, -0.05) is 6.07 Å². The quantitative estimate of drug-likeness (QED) is 0.498. The maximum absolute atomic E-state index is 10.3. The van der Waals surface area contributed by atoms with E-state index in [0.717, 1.165) is 5.56 Å². The highest BCUT2D eigenvalue weighted by Crippen LogP contribution is 2.24. The van der Waals surface area contributed by atoms with Gasteiger partial charge in [-0.2, -0.15) is 0 Å². The first-order valence-electron chi connectivity index (χ1n) is 4.37. The summed E-state index contributed by atoms with van der Waals surface area (Å²) in [4.78, 5) is 20.5. The third-order valence-corrected chi connectivity index (χ3v) is 1.90. The lowest BCUT2D eigenvalue weighted by Gasteiger charge is -2.05. The van der Waals surface area contributed by atoms with Crippen LogP contribution in [0.1, 0.15) is 12.0 Å². The summed E-state index contributed by atoms with van der Waals surface area (Å²) in [5.74, 6) is -0.922. The van der Waals surface area contributed by atoms with Crippen LogP contribution in [0.15, 0.2) is 18.2 Å². The normalized spacial score (nSPS) is 9.60. The third kappa shape index (κ3) is 3.30. The molecule has 1 amide bonds. The second-order valence-corrected chi connectivity index (χ2v) is 3.01. The Kier molecular flexibility index (Phi) is 3.68. The molecule has 5 heteroatoms. The van der Waals surface area contributed by atoms with E-state index in [1.165, 1.54) is 6.07 Å². The van der Waals surface area contributed by atoms with Crippen molar-refractivity contribution in [3.8, 4) is 5.75 Å². The van der Waals surface area contributed by atoms with Crippen LogP contribution in [0.25, 0.3) is 0 Å². The van der Waals surface area contributed by atoms with E-state index < -0.39 is 5.97 Å². The zero-order chi connectivity index (χ0) is 11.3. The summed E-state index contributed by atoms with van der Waals surface area (Å²) < 4.78 is 0. The summed E-state index contributed by atoms with van der Waals surface area (Å²) in [5.41, 5.74) is 1.03. The smallest absolute Gasteiger partial charge is 0.303 e. The molecular weight excluding hydrogens is 198 g/mol. The zero-order valence-electron chi connectivity index (χ0n) is 7.93. The van der Waals surface area contributed by atoms with Gasteiger partial charge >= 0.3 is 5.97 Å². The first-order valence-corrected chi connectivity index (χ1v) is 4.37. The van der Waals surface area contributed by atoms with Crippen molar-refractivity contribution in [1.29, 1.82) is 0 Å². The van der Waals surface area contributed by atoms with E-state index in [1.807, 2.05) is 0 Å². The molecule has 0 radical (unpaired) electrons. The molecule has 1 rings (SSSR count). The van der Waals surface area contributed by atoms with E-state index in [1.54, 1.807) is 12.1 Å². The summed E-state index contributed by atoms with van der Waals surface area (Å²) in [6.45, 7) is 0. The molecule has 80 valence electrons. The number of aromatic hydroxyl groups is 1. The van der Waals surface area contributed by atoms with Gasteiger partial charge in [0.1, 0.15) is 5.75 Å². The first kappa shape index (κ1) is 11.0. The Morgan fingerprint density at radius 2 is 2.20 bits per heavy atom. The second-order valence-electron chi connectivity index (χ2n) is 3.01. The van der Waals surface area contributed by atoms with E-state index in [-0.39, 0.29) is 17.9 Å². The molecule has 1 aromatic rings. The van der Waals surface area contributed by atoms with Crippen LogP contribution in [0.5, 0.6) is 5.75 Å². The van der Waals surface area contributed by atoms with Gasteiger partial charge in [-0.15, -0.1) is 0 Å². The predicted molar refractivity (Wildman–Crippen MR) is 53.8 cm³/mol. The summed E-state index contributed by atoms with van der Waals surface area (Å²) >= 11 is 0. The maximum Gasteiger partial charge on any atom is 0.303 e. The predicted octanol–water partition coefficient (Wildman–Crippen LogP) is 0.978. The first-order chi connectivity index (χ1) is 7.13. The fourth-order valence-corrected chi connectivity index (χ4v) is 1.17. The van der Waals surface area contributed by atoms with Crippen LogP contribution < -0.4 is 5.32 Å². The number of carboxylic acids is 1. The largest absolute Gasteiger partial charge is 0.506 e. The average molecular weight is 209 g/mol. The lowest BCUT2D eigenvalue weighted by molar-refractivity contribution is -0.136. The number of carbonyl (C=O) groups is 2. The molecule has 15 heavy (non-hydrogen) atoms. The van der Waals surface area contributed by atoms with E-state index in [9.17, 15) is 14.7 Å². The van der Waals surface area contributed by atoms with Crippen molar-refractivity contribution in [1.82, 2.24) is 0 Å². The van der Waals surface area contributed by atoms with E-state index >= 15 is 0 Å². The molecule has 0 spiro atoms. The molecule has 0 atom stereocenters. The highest BCUT2D eigenvalue weighted by molar-refractivity contribution is 5.75. The van der Waals surface area contributed by atoms with E-state index in [0.29, 0.717) is 12.8 Å². The van der Waals surface area contributed by atoms with Crippen LogP contribution in [0.2, 0.25) is 0 Å². The number of aliphatic carboxylic acids is 1. The minimum atomic E-state index is -0.882. The van der Waals surface area contributed by atoms with Gasteiger partial charge in [0.25, 0.3) is 0 Å². The van der Waals surface area contributed by atoms with E-state index in [2.05, 4.69) is 5.32 Å². The Balaban J connectivity index is 2.77. The van der Waals surface area contributed by atoms with Gasteiger partial charge in [0, 0.05) is 6.42 Å². The molecule has 0 saturated heterocycles. The summed E-state index contributed by atoms with van der Waals surface area (Å²) in [7, 11) is 0. The molecule has 0 heterocycles. The molecule has 0 saturated carbocycles. The number of carboxylic acid groups (broad SMARTS) is 1. The van der Waals surface area contributed by atoms with Gasteiger partial charge in [0.05, 0.1) is 5.69 Å². The topological polar surface area (TPSA) is 86.6 Å². The molecule has 5 nitrogen and oxygen atoms in total. The molecule has 0 unspecified atom stereocenters. The highest BCUT2D eigenvalue weighted by atomic mass is 16.4. The van der Waals surface area contributed by atoms with Gasteiger partial charge in [-0.3, -0.25) is 9.59 Å². The molecular formula is C10H11NO4. The minimum absolute atomic E-state index is 0.0192.